The molecular formula is C21H23NO5. The second-order valence-corrected chi connectivity index (χ2v) is 6.58. The van der Waals surface area contributed by atoms with Crippen LogP contribution >= 0.6 is 0 Å². The summed E-state index contributed by atoms with van der Waals surface area (Å²) in [6.45, 7) is 1.52. The van der Waals surface area contributed by atoms with E-state index in [2.05, 4.69) is 11.4 Å². The molecule has 0 radical (unpaired) electrons. The van der Waals surface area contributed by atoms with E-state index in [0.717, 1.165) is 24.8 Å². The van der Waals surface area contributed by atoms with Gasteiger partial charge in [0.15, 0.2) is 6.10 Å². The fourth-order valence-corrected chi connectivity index (χ4v) is 3.28. The van der Waals surface area contributed by atoms with Gasteiger partial charge in [-0.25, -0.2) is 4.79 Å². The maximum absolute atomic E-state index is 12.5. The Morgan fingerprint density at radius 3 is 2.74 bits per heavy atom. The van der Waals surface area contributed by atoms with E-state index < -0.39 is 12.1 Å². The number of hydrogen-bond acceptors (Lipinski definition) is 5. The normalized spacial score (nSPS) is 16.7. The van der Waals surface area contributed by atoms with Crippen LogP contribution in [0.2, 0.25) is 0 Å². The molecule has 0 heterocycles. The molecule has 2 N–H and O–H groups in total. The molecule has 142 valence electrons. The highest BCUT2D eigenvalue weighted by Gasteiger charge is 2.26. The van der Waals surface area contributed by atoms with Gasteiger partial charge in [0.05, 0.1) is 13.2 Å². The zero-order valence-electron chi connectivity index (χ0n) is 15.4. The molecule has 1 aliphatic rings. The Kier molecular flexibility index (Phi) is 5.64. The zero-order valence-corrected chi connectivity index (χ0v) is 15.4. The molecule has 0 saturated carbocycles. The first-order valence-corrected chi connectivity index (χ1v) is 8.95. The average molecular weight is 369 g/mol. The molecule has 0 fully saturated rings. The van der Waals surface area contributed by atoms with E-state index in [4.69, 9.17) is 9.47 Å². The van der Waals surface area contributed by atoms with Crippen molar-refractivity contribution in [2.75, 3.05) is 7.11 Å². The maximum Gasteiger partial charge on any atom is 0.342 e. The summed E-state index contributed by atoms with van der Waals surface area (Å²) in [7, 11) is 1.46. The number of methoxy groups -OCH3 is 1. The van der Waals surface area contributed by atoms with Gasteiger partial charge in [-0.3, -0.25) is 4.79 Å². The predicted octanol–water partition coefficient (Wildman–Crippen LogP) is 3.14. The van der Waals surface area contributed by atoms with Gasteiger partial charge in [0, 0.05) is 6.07 Å². The lowest BCUT2D eigenvalue weighted by Crippen LogP contribution is -2.39. The second kappa shape index (κ2) is 8.12. The maximum atomic E-state index is 12.5. The Morgan fingerprint density at radius 1 is 1.22 bits per heavy atom. The number of amides is 1. The van der Waals surface area contributed by atoms with Crippen molar-refractivity contribution in [3.8, 4) is 11.5 Å². The van der Waals surface area contributed by atoms with E-state index in [-0.39, 0.29) is 23.3 Å². The molecule has 27 heavy (non-hydrogen) atoms. The van der Waals surface area contributed by atoms with Crippen molar-refractivity contribution < 1.29 is 24.2 Å². The van der Waals surface area contributed by atoms with Crippen LogP contribution < -0.4 is 10.1 Å². The number of benzene rings is 2. The van der Waals surface area contributed by atoms with Gasteiger partial charge in [0.1, 0.15) is 17.1 Å². The van der Waals surface area contributed by atoms with Crippen LogP contribution in [0.1, 0.15) is 47.3 Å². The summed E-state index contributed by atoms with van der Waals surface area (Å²) >= 11 is 0. The lowest BCUT2D eigenvalue weighted by Gasteiger charge is -2.27. The van der Waals surface area contributed by atoms with E-state index in [0.29, 0.717) is 5.75 Å². The largest absolute Gasteiger partial charge is 0.507 e. The van der Waals surface area contributed by atoms with E-state index in [9.17, 15) is 14.7 Å². The monoisotopic (exact) mass is 369 g/mol. The number of carbonyl (C=O) groups excluding carboxylic acids is 2. The minimum Gasteiger partial charge on any atom is -0.507 e. The Bertz CT molecular complexity index is 848. The first-order valence-electron chi connectivity index (χ1n) is 8.95. The quantitative estimate of drug-likeness (QED) is 0.791. The molecule has 0 unspecified atom stereocenters. The molecule has 2 aromatic rings. The molecule has 1 aliphatic carbocycles. The third-order valence-corrected chi connectivity index (χ3v) is 4.76. The molecule has 0 saturated heterocycles. The highest BCUT2D eigenvalue weighted by atomic mass is 16.5. The number of aryl methyl sites for hydroxylation is 1. The minimum absolute atomic E-state index is 0.0153. The van der Waals surface area contributed by atoms with Crippen LogP contribution in [0.4, 0.5) is 0 Å². The number of nitrogens with one attached hydrogen (secondary N) is 1. The molecule has 2 aromatic carbocycles. The molecule has 6 nitrogen and oxygen atoms in total. The molecule has 1 amide bonds. The first kappa shape index (κ1) is 18.8. The molecule has 0 bridgehead atoms. The zero-order chi connectivity index (χ0) is 19.4. The van der Waals surface area contributed by atoms with Crippen LogP contribution in [-0.2, 0) is 16.0 Å². The number of aromatic hydroxyl groups is 1. The summed E-state index contributed by atoms with van der Waals surface area (Å²) in [6, 6.07) is 12.2. The van der Waals surface area contributed by atoms with Crippen molar-refractivity contribution in [1.82, 2.24) is 5.32 Å². The number of phenolic OH excluding ortho intramolecular Hbond substituents is 1. The average Bonchev–Trinajstić information content (AvgIpc) is 2.67. The van der Waals surface area contributed by atoms with Crippen LogP contribution in [0, 0.1) is 0 Å². The first-order chi connectivity index (χ1) is 13.0. The molecule has 6 heteroatoms. The molecule has 0 aromatic heterocycles. The van der Waals surface area contributed by atoms with Gasteiger partial charge in [-0.2, -0.15) is 0 Å². The van der Waals surface area contributed by atoms with E-state index >= 15 is 0 Å². The van der Waals surface area contributed by atoms with Crippen LogP contribution in [0.15, 0.2) is 42.5 Å². The third kappa shape index (κ3) is 4.22. The van der Waals surface area contributed by atoms with E-state index in [1.807, 2.05) is 18.2 Å². The lowest BCUT2D eigenvalue weighted by molar-refractivity contribution is -0.130. The summed E-state index contributed by atoms with van der Waals surface area (Å²) < 4.78 is 10.2. The van der Waals surface area contributed by atoms with E-state index in [1.54, 1.807) is 6.07 Å². The van der Waals surface area contributed by atoms with Crippen molar-refractivity contribution in [3.63, 3.8) is 0 Å². The number of rotatable bonds is 5. The molecule has 0 spiro atoms. The minimum atomic E-state index is -0.979. The van der Waals surface area contributed by atoms with Crippen LogP contribution in [0.3, 0.4) is 0 Å². The summed E-state index contributed by atoms with van der Waals surface area (Å²) in [5.74, 6) is -0.959. The number of esters is 1. The van der Waals surface area contributed by atoms with Gasteiger partial charge in [0.25, 0.3) is 5.91 Å². The molecular weight excluding hydrogens is 346 g/mol. The third-order valence-electron chi connectivity index (χ3n) is 4.76. The van der Waals surface area contributed by atoms with Crippen molar-refractivity contribution in [1.29, 1.82) is 0 Å². The van der Waals surface area contributed by atoms with Crippen molar-refractivity contribution in [2.45, 2.75) is 38.3 Å². The van der Waals surface area contributed by atoms with E-state index in [1.165, 1.54) is 31.7 Å². The topological polar surface area (TPSA) is 84.9 Å². The molecule has 2 atom stereocenters. The van der Waals surface area contributed by atoms with Crippen molar-refractivity contribution in [3.05, 3.63) is 59.2 Å². The smallest absolute Gasteiger partial charge is 0.342 e. The Balaban J connectivity index is 1.64. The summed E-state index contributed by atoms with van der Waals surface area (Å²) in [5, 5.41) is 12.9. The standard InChI is InChI=1S/C21H23NO5/c1-13(27-21(25)17-11-10-15(26-2)12-19(17)23)20(24)22-18-9-5-7-14-6-3-4-8-16(14)18/h3-4,6,8,10-13,18,23H,5,7,9H2,1-2H3,(H,22,24)/t13-,18+/m1/s1. The van der Waals surface area contributed by atoms with Crippen LogP contribution in [0.5, 0.6) is 11.5 Å². The summed E-state index contributed by atoms with van der Waals surface area (Å²) in [4.78, 5) is 24.8. The number of ether oxygens (including phenoxy) is 2. The van der Waals surface area contributed by atoms with Crippen LogP contribution in [-0.4, -0.2) is 30.2 Å². The highest BCUT2D eigenvalue weighted by Crippen LogP contribution is 2.29. The van der Waals surface area contributed by atoms with Gasteiger partial charge in [-0.15, -0.1) is 0 Å². The van der Waals surface area contributed by atoms with Gasteiger partial charge in [-0.05, 0) is 49.4 Å². The van der Waals surface area contributed by atoms with Crippen LogP contribution in [0.25, 0.3) is 0 Å². The summed E-state index contributed by atoms with van der Waals surface area (Å²) in [6.07, 6.45) is 1.87. The second-order valence-electron chi connectivity index (χ2n) is 6.58. The number of phenols is 1. The Labute approximate surface area is 158 Å². The lowest BCUT2D eigenvalue weighted by atomic mass is 9.87. The predicted molar refractivity (Wildman–Crippen MR) is 99.8 cm³/mol. The highest BCUT2D eigenvalue weighted by molar-refractivity contribution is 5.94. The molecule has 3 rings (SSSR count). The number of carbonyl (C=O) groups is 2. The van der Waals surface area contributed by atoms with Gasteiger partial charge in [-0.1, -0.05) is 24.3 Å². The van der Waals surface area contributed by atoms with Crippen molar-refractivity contribution in [2.24, 2.45) is 0 Å². The van der Waals surface area contributed by atoms with Gasteiger partial charge in [0.2, 0.25) is 0 Å². The number of hydrogen-bond donors (Lipinski definition) is 2. The van der Waals surface area contributed by atoms with Crippen molar-refractivity contribution >= 4 is 11.9 Å². The fourth-order valence-electron chi connectivity index (χ4n) is 3.28. The van der Waals surface area contributed by atoms with Gasteiger partial charge >= 0.3 is 5.97 Å². The van der Waals surface area contributed by atoms with Gasteiger partial charge < -0.3 is 19.9 Å². The Morgan fingerprint density at radius 2 is 2.00 bits per heavy atom. The SMILES string of the molecule is COc1ccc(C(=O)O[C@H](C)C(=O)N[C@H]2CCCc3ccccc32)c(O)c1. The molecule has 0 aliphatic heterocycles. The fraction of sp³-hybridized carbons (Fsp3) is 0.333. The number of fused-ring (bicyclic) bond motifs is 1. The summed E-state index contributed by atoms with van der Waals surface area (Å²) in [5.41, 5.74) is 2.34. The Hall–Kier alpha value is -3.02.